The van der Waals surface area contributed by atoms with Crippen LogP contribution in [0.2, 0.25) is 0 Å². The number of hydrogen-bond donors (Lipinski definition) is 4. The summed E-state index contributed by atoms with van der Waals surface area (Å²) in [6.45, 7) is 4.04. The zero-order valence-electron chi connectivity index (χ0n) is 15.9. The Labute approximate surface area is 165 Å². The second-order valence-electron chi connectivity index (χ2n) is 7.43. The van der Waals surface area contributed by atoms with Gasteiger partial charge in [-0.2, -0.15) is 0 Å². The molecule has 6 N–H and O–H groups in total. The monoisotopic (exact) mass is 400 g/mol. The van der Waals surface area contributed by atoms with Gasteiger partial charge in [0.1, 0.15) is 28.5 Å². The molecule has 9 nitrogen and oxygen atoms in total. The molecule has 0 unspecified atom stereocenters. The molecule has 0 fully saturated rings. The summed E-state index contributed by atoms with van der Waals surface area (Å²) in [5.74, 6) is -0.692. The molecule has 10 heteroatoms. The number of ether oxygens (including phenoxy) is 1. The second-order valence-corrected chi connectivity index (χ2v) is 7.43. The number of nitrogens with two attached hydrogens (primary N) is 2. The quantitative estimate of drug-likeness (QED) is 0.509. The van der Waals surface area contributed by atoms with Crippen LogP contribution >= 0.6 is 0 Å². The summed E-state index contributed by atoms with van der Waals surface area (Å²) in [4.78, 5) is 15.8. The maximum Gasteiger partial charge on any atom is 0.343 e. The molecule has 1 aliphatic heterocycles. The molecule has 0 saturated heterocycles. The molecule has 0 spiro atoms. The van der Waals surface area contributed by atoms with Gasteiger partial charge in [0.05, 0.1) is 6.04 Å². The molecule has 3 heterocycles. The minimum atomic E-state index is -1.22. The molecule has 0 aliphatic carbocycles. The summed E-state index contributed by atoms with van der Waals surface area (Å²) in [7, 11) is 0. The Morgan fingerprint density at radius 1 is 1.52 bits per heavy atom. The van der Waals surface area contributed by atoms with Gasteiger partial charge in [0.15, 0.2) is 11.5 Å². The average Bonchev–Trinajstić information content (AvgIpc) is 3.16. The number of anilines is 2. The number of hydrogen-bond acceptors (Lipinski definition) is 7. The highest BCUT2D eigenvalue weighted by atomic mass is 19.1. The fourth-order valence-electron chi connectivity index (χ4n) is 3.58. The van der Waals surface area contributed by atoms with Crippen molar-refractivity contribution >= 4 is 23.3 Å². The van der Waals surface area contributed by atoms with Gasteiger partial charge < -0.3 is 26.6 Å². The Bertz CT molecular complexity index is 1130. The Morgan fingerprint density at radius 2 is 2.28 bits per heavy atom. The number of nitrogens with one attached hydrogen (secondary N) is 1. The van der Waals surface area contributed by atoms with Gasteiger partial charge in [0.25, 0.3) is 0 Å². The predicted molar refractivity (Wildman–Crippen MR) is 105 cm³/mol. The minimum Gasteiger partial charge on any atom is -0.485 e. The fourth-order valence-corrected chi connectivity index (χ4v) is 3.58. The molecule has 1 aliphatic rings. The maximum absolute atomic E-state index is 14.2. The van der Waals surface area contributed by atoms with Gasteiger partial charge in [-0.05, 0) is 32.0 Å². The smallest absolute Gasteiger partial charge is 0.343 e. The lowest BCUT2D eigenvalue weighted by Gasteiger charge is -2.23. The van der Waals surface area contributed by atoms with E-state index in [1.165, 1.54) is 16.6 Å². The van der Waals surface area contributed by atoms with Crippen LogP contribution in [0.1, 0.15) is 41.4 Å². The summed E-state index contributed by atoms with van der Waals surface area (Å²) in [5.41, 5.74) is 12.3. The standard InChI is InChI=1S/C19H21FN6O3/c1-9(12-6-11(20)5-10-7-19(2,8-21)29-15(10)12)23-13-3-4-26-17(24-13)14(18(27)28)16(22)25-26/h3-6,9H,7-8,21H2,1-2H3,(H2,22,25)(H,23,24)(H,27,28)/t9-,19-/m1/s1. The highest BCUT2D eigenvalue weighted by Gasteiger charge is 2.36. The van der Waals surface area contributed by atoms with E-state index in [1.54, 1.807) is 12.3 Å². The first-order valence-electron chi connectivity index (χ1n) is 9.07. The van der Waals surface area contributed by atoms with Crippen molar-refractivity contribution < 1.29 is 19.0 Å². The van der Waals surface area contributed by atoms with Gasteiger partial charge in [-0.15, -0.1) is 5.10 Å². The van der Waals surface area contributed by atoms with Gasteiger partial charge in [0.2, 0.25) is 0 Å². The number of nitrogens with zero attached hydrogens (tertiary/aromatic N) is 3. The molecular weight excluding hydrogens is 379 g/mol. The Kier molecular flexibility index (Phi) is 4.30. The lowest BCUT2D eigenvalue weighted by molar-refractivity contribution is 0.0700. The summed E-state index contributed by atoms with van der Waals surface area (Å²) in [6.07, 6.45) is 2.08. The van der Waals surface area contributed by atoms with E-state index in [9.17, 15) is 14.3 Å². The first-order valence-corrected chi connectivity index (χ1v) is 9.07. The van der Waals surface area contributed by atoms with E-state index < -0.39 is 11.6 Å². The molecular formula is C19H21FN6O3. The van der Waals surface area contributed by atoms with Crippen LogP contribution in [0.4, 0.5) is 16.0 Å². The van der Waals surface area contributed by atoms with Crippen LogP contribution in [0.5, 0.6) is 5.75 Å². The number of benzene rings is 1. The van der Waals surface area contributed by atoms with Crippen LogP contribution in [0.25, 0.3) is 5.65 Å². The van der Waals surface area contributed by atoms with Crippen molar-refractivity contribution in [3.8, 4) is 5.75 Å². The number of rotatable bonds is 5. The maximum atomic E-state index is 14.2. The largest absolute Gasteiger partial charge is 0.485 e. The van der Waals surface area contributed by atoms with E-state index in [4.69, 9.17) is 16.2 Å². The Morgan fingerprint density at radius 3 is 2.97 bits per heavy atom. The molecule has 0 amide bonds. The van der Waals surface area contributed by atoms with Crippen LogP contribution < -0.4 is 21.5 Å². The number of fused-ring (bicyclic) bond motifs is 2. The fraction of sp³-hybridized carbons (Fsp3) is 0.316. The van der Waals surface area contributed by atoms with Crippen molar-refractivity contribution in [3.05, 3.63) is 46.9 Å². The third kappa shape index (κ3) is 3.21. The molecule has 0 saturated carbocycles. The van der Waals surface area contributed by atoms with Gasteiger partial charge in [0, 0.05) is 30.3 Å². The molecule has 0 bridgehead atoms. The van der Waals surface area contributed by atoms with Crippen molar-refractivity contribution in [1.82, 2.24) is 14.6 Å². The number of aromatic nitrogens is 3. The summed E-state index contributed by atoms with van der Waals surface area (Å²) in [6, 6.07) is 4.14. The van der Waals surface area contributed by atoms with Crippen molar-refractivity contribution in [2.24, 2.45) is 5.73 Å². The molecule has 4 rings (SSSR count). The van der Waals surface area contributed by atoms with Gasteiger partial charge in [-0.3, -0.25) is 0 Å². The highest BCUT2D eigenvalue weighted by Crippen LogP contribution is 2.41. The molecule has 0 radical (unpaired) electrons. The third-order valence-electron chi connectivity index (χ3n) is 5.06. The number of nitrogen functional groups attached to an aromatic ring is 1. The molecule has 1 aromatic carbocycles. The van der Waals surface area contributed by atoms with Crippen molar-refractivity contribution in [2.75, 3.05) is 17.6 Å². The van der Waals surface area contributed by atoms with E-state index in [1.807, 2.05) is 13.8 Å². The van der Waals surface area contributed by atoms with Crippen LogP contribution in [-0.4, -0.2) is 37.8 Å². The highest BCUT2D eigenvalue weighted by molar-refractivity contribution is 5.99. The molecule has 2 aromatic heterocycles. The van der Waals surface area contributed by atoms with Gasteiger partial charge in [-0.1, -0.05) is 0 Å². The first kappa shape index (κ1) is 18.9. The van der Waals surface area contributed by atoms with E-state index in [-0.39, 0.29) is 28.9 Å². The van der Waals surface area contributed by atoms with E-state index >= 15 is 0 Å². The number of carboxylic acid groups (broad SMARTS) is 1. The normalized spacial score (nSPS) is 19.0. The summed E-state index contributed by atoms with van der Waals surface area (Å²) >= 11 is 0. The number of halogens is 1. The van der Waals surface area contributed by atoms with Crippen LogP contribution in [-0.2, 0) is 6.42 Å². The molecule has 2 atom stereocenters. The molecule has 3 aromatic rings. The SMILES string of the molecule is C[C@@H](Nc1ccn2nc(N)c(C(=O)O)c2n1)c1cc(F)cc2c1O[C@@](C)(CN)C2. The first-order chi connectivity index (χ1) is 13.7. The van der Waals surface area contributed by atoms with E-state index in [2.05, 4.69) is 15.4 Å². The summed E-state index contributed by atoms with van der Waals surface area (Å²) < 4.78 is 21.6. The van der Waals surface area contributed by atoms with Crippen LogP contribution in [0.15, 0.2) is 24.4 Å². The second kappa shape index (κ2) is 6.59. The zero-order valence-corrected chi connectivity index (χ0v) is 15.9. The number of aromatic carboxylic acids is 1. The lowest BCUT2D eigenvalue weighted by atomic mass is 9.97. The predicted octanol–water partition coefficient (Wildman–Crippen LogP) is 1.97. The van der Waals surface area contributed by atoms with Crippen molar-refractivity contribution in [2.45, 2.75) is 31.9 Å². The lowest BCUT2D eigenvalue weighted by Crippen LogP contribution is -2.39. The molecule has 152 valence electrons. The van der Waals surface area contributed by atoms with Crippen LogP contribution in [0.3, 0.4) is 0 Å². The molecule has 29 heavy (non-hydrogen) atoms. The van der Waals surface area contributed by atoms with Gasteiger partial charge in [-0.25, -0.2) is 18.7 Å². The number of carboxylic acids is 1. The number of carbonyl (C=O) groups is 1. The van der Waals surface area contributed by atoms with Crippen molar-refractivity contribution in [3.63, 3.8) is 0 Å². The summed E-state index contributed by atoms with van der Waals surface area (Å²) in [5, 5.41) is 16.5. The minimum absolute atomic E-state index is 0.114. The third-order valence-corrected chi connectivity index (χ3v) is 5.06. The van der Waals surface area contributed by atoms with E-state index in [0.717, 1.165) is 5.56 Å². The van der Waals surface area contributed by atoms with Crippen molar-refractivity contribution in [1.29, 1.82) is 0 Å². The topological polar surface area (TPSA) is 141 Å². The van der Waals surface area contributed by atoms with Gasteiger partial charge >= 0.3 is 5.97 Å². The zero-order chi connectivity index (χ0) is 20.9. The van der Waals surface area contributed by atoms with Crippen LogP contribution in [0, 0.1) is 5.82 Å². The average molecular weight is 400 g/mol. The Balaban J connectivity index is 1.68. The Hall–Kier alpha value is -3.40. The van der Waals surface area contributed by atoms with E-state index in [0.29, 0.717) is 30.1 Å².